The van der Waals surface area contributed by atoms with Crippen LogP contribution in [0.2, 0.25) is 0 Å². The predicted molar refractivity (Wildman–Crippen MR) is 66.2 cm³/mol. The molecule has 0 heterocycles. The number of benzene rings is 1. The highest BCUT2D eigenvalue weighted by Gasteiger charge is 2.27. The number of carbonyl (C=O) groups excluding carboxylic acids is 1. The summed E-state index contributed by atoms with van der Waals surface area (Å²) in [6, 6.07) is 5.00. The van der Waals surface area contributed by atoms with E-state index < -0.39 is 24.7 Å². The zero-order chi connectivity index (χ0) is 15.2. The van der Waals surface area contributed by atoms with Gasteiger partial charge in [0.15, 0.2) is 0 Å². The number of hydrogen-bond acceptors (Lipinski definition) is 2. The normalized spacial score (nSPS) is 11.3. The van der Waals surface area contributed by atoms with Gasteiger partial charge in [0.05, 0.1) is 0 Å². The Kier molecular flexibility index (Phi) is 5.13. The zero-order valence-electron chi connectivity index (χ0n) is 10.1. The van der Waals surface area contributed by atoms with Crippen molar-refractivity contribution in [2.75, 3.05) is 11.9 Å². The van der Waals surface area contributed by atoms with Crippen LogP contribution in [0, 0.1) is 0 Å². The minimum Gasteiger partial charge on any atom is -0.478 e. The molecule has 0 aliphatic rings. The van der Waals surface area contributed by atoms with Gasteiger partial charge in [-0.05, 0) is 23.8 Å². The molecule has 0 saturated carbocycles. The molecule has 0 radical (unpaired) electrons. The number of nitrogens with one attached hydrogen (secondary N) is 2. The molecule has 0 aromatic heterocycles. The van der Waals surface area contributed by atoms with Crippen LogP contribution in [-0.4, -0.2) is 29.8 Å². The third-order valence-corrected chi connectivity index (χ3v) is 2.01. The van der Waals surface area contributed by atoms with E-state index in [-0.39, 0.29) is 5.69 Å². The van der Waals surface area contributed by atoms with Gasteiger partial charge in [0.25, 0.3) is 0 Å². The number of carboxylic acid groups (broad SMARTS) is 1. The quantitative estimate of drug-likeness (QED) is 0.745. The van der Waals surface area contributed by atoms with E-state index in [1.165, 1.54) is 24.3 Å². The first-order valence-corrected chi connectivity index (χ1v) is 5.39. The topological polar surface area (TPSA) is 78.4 Å². The highest BCUT2D eigenvalue weighted by Crippen LogP contribution is 2.14. The lowest BCUT2D eigenvalue weighted by atomic mass is 10.2. The van der Waals surface area contributed by atoms with Crippen LogP contribution in [0.25, 0.3) is 6.08 Å². The van der Waals surface area contributed by atoms with Crippen molar-refractivity contribution in [3.8, 4) is 0 Å². The number of halogens is 3. The van der Waals surface area contributed by atoms with Crippen molar-refractivity contribution in [2.24, 2.45) is 0 Å². The number of hydrogen-bond donors (Lipinski definition) is 3. The standard InChI is InChI=1S/C12H11F3N2O3/c13-12(14,15)7-16-11(20)17-9-3-1-2-8(6-9)4-5-10(18)19/h1-6H,7H2,(H,18,19)(H2,16,17,20)/b5-4+. The van der Waals surface area contributed by atoms with E-state index in [1.54, 1.807) is 11.4 Å². The van der Waals surface area contributed by atoms with Gasteiger partial charge in [-0.15, -0.1) is 0 Å². The molecule has 1 rings (SSSR count). The molecule has 2 amide bonds. The van der Waals surface area contributed by atoms with E-state index >= 15 is 0 Å². The van der Waals surface area contributed by atoms with Gasteiger partial charge >= 0.3 is 18.2 Å². The zero-order valence-corrected chi connectivity index (χ0v) is 10.1. The molecule has 3 N–H and O–H groups in total. The first-order valence-electron chi connectivity index (χ1n) is 5.39. The summed E-state index contributed by atoms with van der Waals surface area (Å²) in [7, 11) is 0. The van der Waals surface area contributed by atoms with E-state index in [0.29, 0.717) is 5.56 Å². The second-order valence-electron chi connectivity index (χ2n) is 3.72. The number of alkyl halides is 3. The second kappa shape index (κ2) is 6.60. The molecule has 5 nitrogen and oxygen atoms in total. The Bertz CT molecular complexity index is 527. The van der Waals surface area contributed by atoms with Gasteiger partial charge in [-0.1, -0.05) is 12.1 Å². The number of carbonyl (C=O) groups is 2. The van der Waals surface area contributed by atoms with E-state index in [1.807, 2.05) is 0 Å². The Labute approximate surface area is 112 Å². The molecule has 0 saturated heterocycles. The molecule has 0 fully saturated rings. The molecule has 1 aromatic rings. The van der Waals surface area contributed by atoms with Gasteiger partial charge in [0.1, 0.15) is 6.54 Å². The van der Waals surface area contributed by atoms with E-state index in [0.717, 1.165) is 6.08 Å². The van der Waals surface area contributed by atoms with Crippen LogP contribution in [0.4, 0.5) is 23.7 Å². The number of urea groups is 1. The molecule has 0 unspecified atom stereocenters. The molecule has 0 spiro atoms. The summed E-state index contributed by atoms with van der Waals surface area (Å²) in [5.74, 6) is -1.13. The summed E-state index contributed by atoms with van der Waals surface area (Å²) < 4.78 is 35.7. The fraction of sp³-hybridized carbons (Fsp3) is 0.167. The van der Waals surface area contributed by atoms with E-state index in [2.05, 4.69) is 5.32 Å². The van der Waals surface area contributed by atoms with E-state index in [9.17, 15) is 22.8 Å². The maximum Gasteiger partial charge on any atom is 0.405 e. The predicted octanol–water partition coefficient (Wildman–Crippen LogP) is 2.47. The smallest absolute Gasteiger partial charge is 0.405 e. The number of rotatable bonds is 4. The van der Waals surface area contributed by atoms with Crippen molar-refractivity contribution in [1.82, 2.24) is 5.32 Å². The van der Waals surface area contributed by atoms with Crippen molar-refractivity contribution >= 4 is 23.8 Å². The highest BCUT2D eigenvalue weighted by atomic mass is 19.4. The summed E-state index contributed by atoms with van der Waals surface area (Å²) in [6.45, 7) is -1.43. The first-order chi connectivity index (χ1) is 9.26. The Morgan fingerprint density at radius 3 is 2.60 bits per heavy atom. The third-order valence-electron chi connectivity index (χ3n) is 2.01. The summed E-state index contributed by atoms with van der Waals surface area (Å²) in [5, 5.41) is 12.3. The number of amides is 2. The Morgan fingerprint density at radius 2 is 2.00 bits per heavy atom. The fourth-order valence-electron chi connectivity index (χ4n) is 1.24. The van der Waals surface area contributed by atoms with Crippen LogP contribution >= 0.6 is 0 Å². The van der Waals surface area contributed by atoms with Crippen LogP contribution < -0.4 is 10.6 Å². The summed E-state index contributed by atoms with van der Waals surface area (Å²) in [5.41, 5.74) is 0.734. The number of carboxylic acids is 1. The minimum absolute atomic E-state index is 0.247. The molecular weight excluding hydrogens is 277 g/mol. The fourth-order valence-corrected chi connectivity index (χ4v) is 1.24. The molecule has 0 bridgehead atoms. The Morgan fingerprint density at radius 1 is 1.30 bits per heavy atom. The van der Waals surface area contributed by atoms with Gasteiger partial charge in [-0.3, -0.25) is 0 Å². The summed E-state index contributed by atoms with van der Waals surface area (Å²) in [4.78, 5) is 21.5. The molecule has 8 heteroatoms. The van der Waals surface area contributed by atoms with Crippen molar-refractivity contribution in [3.63, 3.8) is 0 Å². The molecular formula is C12H11F3N2O3. The van der Waals surface area contributed by atoms with Crippen molar-refractivity contribution < 1.29 is 27.9 Å². The molecule has 0 atom stereocenters. The molecule has 1 aromatic carbocycles. The average molecular weight is 288 g/mol. The summed E-state index contributed by atoms with van der Waals surface area (Å²) >= 11 is 0. The maximum absolute atomic E-state index is 11.9. The van der Waals surface area contributed by atoms with Gasteiger partial charge in [0.2, 0.25) is 0 Å². The van der Waals surface area contributed by atoms with Crippen LogP contribution in [0.1, 0.15) is 5.56 Å². The number of aliphatic carboxylic acids is 1. The Hall–Kier alpha value is -2.51. The van der Waals surface area contributed by atoms with Gasteiger partial charge < -0.3 is 15.7 Å². The lowest BCUT2D eigenvalue weighted by molar-refractivity contribution is -0.131. The molecule has 108 valence electrons. The Balaban J connectivity index is 2.62. The third kappa shape index (κ3) is 6.43. The SMILES string of the molecule is O=C(O)/C=C/c1cccc(NC(=O)NCC(F)(F)F)c1. The van der Waals surface area contributed by atoms with E-state index in [4.69, 9.17) is 5.11 Å². The van der Waals surface area contributed by atoms with Crippen LogP contribution in [-0.2, 0) is 4.79 Å². The molecule has 0 aliphatic heterocycles. The minimum atomic E-state index is -4.48. The van der Waals surface area contributed by atoms with Gasteiger partial charge in [0, 0.05) is 11.8 Å². The maximum atomic E-state index is 11.9. The van der Waals surface area contributed by atoms with Crippen molar-refractivity contribution in [1.29, 1.82) is 0 Å². The average Bonchev–Trinajstić information content (AvgIpc) is 2.34. The molecule has 0 aliphatic carbocycles. The lowest BCUT2D eigenvalue weighted by Gasteiger charge is -2.10. The largest absolute Gasteiger partial charge is 0.478 e. The van der Waals surface area contributed by atoms with Gasteiger partial charge in [-0.2, -0.15) is 13.2 Å². The monoisotopic (exact) mass is 288 g/mol. The highest BCUT2D eigenvalue weighted by molar-refractivity contribution is 5.90. The lowest BCUT2D eigenvalue weighted by Crippen LogP contribution is -2.36. The molecule has 20 heavy (non-hydrogen) atoms. The van der Waals surface area contributed by atoms with Crippen LogP contribution in [0.3, 0.4) is 0 Å². The second-order valence-corrected chi connectivity index (χ2v) is 3.72. The first kappa shape index (κ1) is 15.5. The van der Waals surface area contributed by atoms with Crippen LogP contribution in [0.5, 0.6) is 0 Å². The van der Waals surface area contributed by atoms with Crippen molar-refractivity contribution in [3.05, 3.63) is 35.9 Å². The summed E-state index contributed by atoms with van der Waals surface area (Å²) in [6.07, 6.45) is -2.28. The van der Waals surface area contributed by atoms with Gasteiger partial charge in [-0.25, -0.2) is 9.59 Å². The van der Waals surface area contributed by atoms with Crippen molar-refractivity contribution in [2.45, 2.75) is 6.18 Å². The number of anilines is 1. The van der Waals surface area contributed by atoms with Crippen LogP contribution in [0.15, 0.2) is 30.3 Å².